The molecule has 0 radical (unpaired) electrons. The van der Waals surface area contributed by atoms with Crippen LogP contribution in [0.2, 0.25) is 0 Å². The standard InChI is InChI=1S/C10H15NO3/c1-11-6-3-4-7(10(13)14-2)8(5-6)9(11)12/h6-8H,3-5H2,1-2H3/t6-,7?,8?/m1/s1. The fraction of sp³-hybridized carbons (Fsp3) is 0.800. The first kappa shape index (κ1) is 9.49. The predicted octanol–water partition coefficient (Wildman–Crippen LogP) is 0.416. The number of amides is 1. The highest BCUT2D eigenvalue weighted by Gasteiger charge is 2.48. The van der Waals surface area contributed by atoms with E-state index < -0.39 is 0 Å². The average Bonchev–Trinajstić information content (AvgIpc) is 2.44. The molecule has 0 N–H and O–H groups in total. The first-order valence-corrected chi connectivity index (χ1v) is 4.99. The normalized spacial score (nSPS) is 36.0. The zero-order valence-electron chi connectivity index (χ0n) is 8.53. The van der Waals surface area contributed by atoms with Crippen molar-refractivity contribution in [2.75, 3.05) is 14.2 Å². The van der Waals surface area contributed by atoms with E-state index in [9.17, 15) is 9.59 Å². The third-order valence-corrected chi connectivity index (χ3v) is 3.54. The number of esters is 1. The fourth-order valence-corrected chi connectivity index (χ4v) is 2.65. The van der Waals surface area contributed by atoms with Crippen molar-refractivity contribution in [1.29, 1.82) is 0 Å². The van der Waals surface area contributed by atoms with Gasteiger partial charge in [-0.2, -0.15) is 0 Å². The number of carbonyl (C=O) groups excluding carboxylic acids is 2. The van der Waals surface area contributed by atoms with Crippen LogP contribution in [-0.2, 0) is 14.3 Å². The van der Waals surface area contributed by atoms with E-state index in [0.29, 0.717) is 6.04 Å². The van der Waals surface area contributed by atoms with Gasteiger partial charge in [-0.1, -0.05) is 0 Å². The summed E-state index contributed by atoms with van der Waals surface area (Å²) in [4.78, 5) is 24.9. The lowest BCUT2D eigenvalue weighted by Gasteiger charge is -2.24. The van der Waals surface area contributed by atoms with E-state index in [2.05, 4.69) is 0 Å². The van der Waals surface area contributed by atoms with Crippen LogP contribution in [0.15, 0.2) is 0 Å². The Balaban J connectivity index is 2.17. The molecular formula is C10H15NO3. The maximum absolute atomic E-state index is 11.7. The molecule has 2 aliphatic rings. The Morgan fingerprint density at radius 3 is 2.86 bits per heavy atom. The maximum Gasteiger partial charge on any atom is 0.309 e. The van der Waals surface area contributed by atoms with E-state index >= 15 is 0 Å². The minimum Gasteiger partial charge on any atom is -0.469 e. The molecular weight excluding hydrogens is 182 g/mol. The number of likely N-dealkylation sites (tertiary alicyclic amines) is 1. The molecule has 4 heteroatoms. The van der Waals surface area contributed by atoms with E-state index in [-0.39, 0.29) is 23.7 Å². The van der Waals surface area contributed by atoms with Gasteiger partial charge in [0.1, 0.15) is 0 Å². The molecule has 0 aromatic heterocycles. The van der Waals surface area contributed by atoms with Crippen LogP contribution in [-0.4, -0.2) is 37.0 Å². The number of hydrogen-bond acceptors (Lipinski definition) is 3. The lowest BCUT2D eigenvalue weighted by Crippen LogP contribution is -2.30. The summed E-state index contributed by atoms with van der Waals surface area (Å²) < 4.78 is 4.71. The predicted molar refractivity (Wildman–Crippen MR) is 49.4 cm³/mol. The number of nitrogens with zero attached hydrogens (tertiary/aromatic N) is 1. The highest BCUT2D eigenvalue weighted by molar-refractivity contribution is 5.87. The van der Waals surface area contributed by atoms with Crippen LogP contribution in [0.25, 0.3) is 0 Å². The van der Waals surface area contributed by atoms with E-state index in [1.165, 1.54) is 7.11 Å². The second kappa shape index (κ2) is 3.26. The highest BCUT2D eigenvalue weighted by Crippen LogP contribution is 2.39. The van der Waals surface area contributed by atoms with Crippen LogP contribution in [0.3, 0.4) is 0 Å². The molecule has 0 aromatic rings. The van der Waals surface area contributed by atoms with Crippen LogP contribution in [0.1, 0.15) is 19.3 Å². The van der Waals surface area contributed by atoms with Gasteiger partial charge >= 0.3 is 5.97 Å². The molecule has 78 valence electrons. The summed E-state index contributed by atoms with van der Waals surface area (Å²) in [6, 6.07) is 0.355. The second-order valence-electron chi connectivity index (χ2n) is 4.15. The Kier molecular flexibility index (Phi) is 2.21. The largest absolute Gasteiger partial charge is 0.469 e. The number of carbonyl (C=O) groups is 2. The molecule has 0 spiro atoms. The summed E-state index contributed by atoms with van der Waals surface area (Å²) in [5, 5.41) is 0. The van der Waals surface area contributed by atoms with E-state index in [0.717, 1.165) is 19.3 Å². The average molecular weight is 197 g/mol. The van der Waals surface area contributed by atoms with Gasteiger partial charge in [0.25, 0.3) is 0 Å². The Morgan fingerprint density at radius 1 is 1.50 bits per heavy atom. The van der Waals surface area contributed by atoms with Gasteiger partial charge in [-0.3, -0.25) is 9.59 Å². The summed E-state index contributed by atoms with van der Waals surface area (Å²) in [7, 11) is 3.21. The van der Waals surface area contributed by atoms with Gasteiger partial charge in [0.05, 0.1) is 18.9 Å². The van der Waals surface area contributed by atoms with Crippen LogP contribution in [0.4, 0.5) is 0 Å². The van der Waals surface area contributed by atoms with Gasteiger partial charge in [-0.05, 0) is 19.3 Å². The van der Waals surface area contributed by atoms with Gasteiger partial charge in [0.2, 0.25) is 5.91 Å². The highest BCUT2D eigenvalue weighted by atomic mass is 16.5. The van der Waals surface area contributed by atoms with E-state index in [1.807, 2.05) is 7.05 Å². The zero-order valence-corrected chi connectivity index (χ0v) is 8.53. The van der Waals surface area contributed by atoms with Crippen molar-refractivity contribution in [3.8, 4) is 0 Å². The SMILES string of the molecule is COC(=O)C1CC[C@@H]2CC1C(=O)N2C. The molecule has 2 fully saturated rings. The van der Waals surface area contributed by atoms with Crippen molar-refractivity contribution in [2.45, 2.75) is 25.3 Å². The van der Waals surface area contributed by atoms with Gasteiger partial charge < -0.3 is 9.64 Å². The van der Waals surface area contributed by atoms with Crippen molar-refractivity contribution in [1.82, 2.24) is 4.90 Å². The summed E-state index contributed by atoms with van der Waals surface area (Å²) in [5.74, 6) is -0.431. The fourth-order valence-electron chi connectivity index (χ4n) is 2.65. The number of fused-ring (bicyclic) bond motifs is 2. The minimum atomic E-state index is -0.225. The molecule has 3 atom stereocenters. The number of hydrogen-bond donors (Lipinski definition) is 0. The molecule has 4 nitrogen and oxygen atoms in total. The first-order valence-electron chi connectivity index (χ1n) is 4.99. The monoisotopic (exact) mass is 197 g/mol. The van der Waals surface area contributed by atoms with Crippen LogP contribution < -0.4 is 0 Å². The number of rotatable bonds is 1. The van der Waals surface area contributed by atoms with Gasteiger partial charge in [-0.15, -0.1) is 0 Å². The van der Waals surface area contributed by atoms with Gasteiger partial charge in [0.15, 0.2) is 0 Å². The van der Waals surface area contributed by atoms with Crippen LogP contribution in [0, 0.1) is 11.8 Å². The molecule has 14 heavy (non-hydrogen) atoms. The summed E-state index contributed by atoms with van der Waals surface area (Å²) in [5.41, 5.74) is 0. The Labute approximate surface area is 83.2 Å². The molecule has 1 aliphatic carbocycles. The smallest absolute Gasteiger partial charge is 0.309 e. The van der Waals surface area contributed by atoms with Crippen molar-refractivity contribution in [3.63, 3.8) is 0 Å². The summed E-state index contributed by atoms with van der Waals surface area (Å²) >= 11 is 0. The zero-order chi connectivity index (χ0) is 10.3. The third kappa shape index (κ3) is 1.21. The van der Waals surface area contributed by atoms with Crippen molar-refractivity contribution >= 4 is 11.9 Å². The Bertz CT molecular complexity index is 277. The molecule has 2 bridgehead atoms. The topological polar surface area (TPSA) is 46.6 Å². The van der Waals surface area contributed by atoms with Crippen molar-refractivity contribution < 1.29 is 14.3 Å². The van der Waals surface area contributed by atoms with Crippen molar-refractivity contribution in [3.05, 3.63) is 0 Å². The molecule has 1 heterocycles. The van der Waals surface area contributed by atoms with Gasteiger partial charge in [0, 0.05) is 13.1 Å². The van der Waals surface area contributed by atoms with E-state index in [4.69, 9.17) is 4.74 Å². The molecule has 2 unspecified atom stereocenters. The molecule has 1 aliphatic heterocycles. The van der Waals surface area contributed by atoms with Gasteiger partial charge in [-0.25, -0.2) is 0 Å². The number of methoxy groups -OCH3 is 1. The molecule has 1 amide bonds. The number of ether oxygens (including phenoxy) is 1. The molecule has 0 aromatic carbocycles. The van der Waals surface area contributed by atoms with E-state index in [1.54, 1.807) is 4.90 Å². The maximum atomic E-state index is 11.7. The first-order chi connectivity index (χ1) is 6.65. The van der Waals surface area contributed by atoms with Crippen molar-refractivity contribution in [2.24, 2.45) is 11.8 Å². The van der Waals surface area contributed by atoms with Crippen LogP contribution in [0.5, 0.6) is 0 Å². The Morgan fingerprint density at radius 2 is 2.21 bits per heavy atom. The molecule has 1 saturated heterocycles. The lowest BCUT2D eigenvalue weighted by atomic mass is 9.80. The second-order valence-corrected chi connectivity index (χ2v) is 4.15. The summed E-state index contributed by atoms with van der Waals surface area (Å²) in [6.45, 7) is 0. The Hall–Kier alpha value is -1.06. The molecule has 2 rings (SSSR count). The van der Waals surface area contributed by atoms with Crippen LogP contribution >= 0.6 is 0 Å². The third-order valence-electron chi connectivity index (χ3n) is 3.54. The lowest BCUT2D eigenvalue weighted by molar-refractivity contribution is -0.150. The minimum absolute atomic E-state index is 0.114. The quantitative estimate of drug-likeness (QED) is 0.572. The molecule has 1 saturated carbocycles. The summed E-state index contributed by atoms with van der Waals surface area (Å²) in [6.07, 6.45) is 2.55.